The lowest BCUT2D eigenvalue weighted by Crippen LogP contribution is -2.23. The maximum absolute atomic E-state index is 12.7. The first-order valence-electron chi connectivity index (χ1n) is 13.2. The summed E-state index contributed by atoms with van der Waals surface area (Å²) < 4.78 is 66.3. The van der Waals surface area contributed by atoms with Crippen LogP contribution < -0.4 is 5.32 Å². The molecule has 0 amide bonds. The van der Waals surface area contributed by atoms with Crippen LogP contribution in [0.1, 0.15) is 81.7 Å². The number of nitrogens with zero attached hydrogens (tertiary/aromatic N) is 2. The van der Waals surface area contributed by atoms with E-state index in [0.717, 1.165) is 41.9 Å². The molecule has 1 heterocycles. The summed E-state index contributed by atoms with van der Waals surface area (Å²) in [4.78, 5) is 3.75. The molecule has 0 bridgehead atoms. The van der Waals surface area contributed by atoms with Crippen molar-refractivity contribution in [2.24, 2.45) is 0 Å². The molecule has 1 N–H and O–H groups in total. The Hall–Kier alpha value is -2.72. The average molecular weight is 552 g/mol. The smallest absolute Gasteiger partial charge is 0.334 e. The second-order valence-electron chi connectivity index (χ2n) is 9.49. The molecule has 0 atom stereocenters. The lowest BCUT2D eigenvalue weighted by atomic mass is 10.1. The number of nitrogens with one attached hydrogen (secondary N) is 1. The van der Waals surface area contributed by atoms with Crippen molar-refractivity contribution in [2.45, 2.75) is 94.6 Å². The van der Waals surface area contributed by atoms with E-state index in [2.05, 4.69) is 22.4 Å². The van der Waals surface area contributed by atoms with Gasteiger partial charge in [0.1, 0.15) is 0 Å². The van der Waals surface area contributed by atoms with Crippen LogP contribution in [0.2, 0.25) is 0 Å². The molecular formula is C28H36F3N3O3S. The number of hydrogen-bond acceptors (Lipinski definition) is 6. The molecule has 0 radical (unpaired) electrons. The van der Waals surface area contributed by atoms with Gasteiger partial charge in [-0.05, 0) is 41.8 Å². The van der Waals surface area contributed by atoms with Crippen LogP contribution >= 0.6 is 0 Å². The van der Waals surface area contributed by atoms with Crippen LogP contribution in [-0.4, -0.2) is 24.1 Å². The molecule has 38 heavy (non-hydrogen) atoms. The third-order valence-electron chi connectivity index (χ3n) is 6.37. The number of hydrogen-bond donors (Lipinski definition) is 1. The van der Waals surface area contributed by atoms with E-state index in [-0.39, 0.29) is 0 Å². The highest BCUT2D eigenvalue weighted by molar-refractivity contribution is 7.92. The molecule has 3 rings (SSSR count). The van der Waals surface area contributed by atoms with E-state index in [1.165, 1.54) is 63.5 Å². The highest BCUT2D eigenvalue weighted by atomic mass is 32.2. The van der Waals surface area contributed by atoms with Gasteiger partial charge in [-0.3, -0.25) is 0 Å². The van der Waals surface area contributed by atoms with Gasteiger partial charge < -0.3 is 9.84 Å². The quantitative estimate of drug-likeness (QED) is 0.187. The fourth-order valence-electron chi connectivity index (χ4n) is 4.10. The van der Waals surface area contributed by atoms with Crippen molar-refractivity contribution in [3.8, 4) is 11.5 Å². The van der Waals surface area contributed by atoms with Crippen LogP contribution in [-0.2, 0) is 29.3 Å². The Labute approximate surface area is 223 Å². The number of unbranched alkanes of at least 4 members (excludes halogenated alkanes) is 8. The van der Waals surface area contributed by atoms with Gasteiger partial charge in [-0.2, -0.15) is 18.2 Å². The zero-order valence-corrected chi connectivity index (χ0v) is 22.6. The maximum atomic E-state index is 12.7. The third kappa shape index (κ3) is 8.94. The first-order valence-corrected chi connectivity index (χ1v) is 14.7. The van der Waals surface area contributed by atoms with Crippen molar-refractivity contribution >= 4 is 9.84 Å². The van der Waals surface area contributed by atoms with E-state index in [4.69, 9.17) is 4.52 Å². The van der Waals surface area contributed by atoms with E-state index < -0.39 is 20.2 Å². The summed E-state index contributed by atoms with van der Waals surface area (Å²) in [7, 11) is -5.33. The molecule has 0 saturated heterocycles. The van der Waals surface area contributed by atoms with Gasteiger partial charge in [0.25, 0.3) is 15.7 Å². The number of halogens is 3. The fraction of sp³-hybridized carbons (Fsp3) is 0.500. The van der Waals surface area contributed by atoms with Crippen LogP contribution in [0.25, 0.3) is 11.5 Å². The third-order valence-corrected chi connectivity index (χ3v) is 7.87. The number of benzene rings is 2. The van der Waals surface area contributed by atoms with Crippen LogP contribution in [0.5, 0.6) is 0 Å². The van der Waals surface area contributed by atoms with E-state index in [1.807, 2.05) is 24.3 Å². The Bertz CT molecular complexity index is 1210. The van der Waals surface area contributed by atoms with Crippen molar-refractivity contribution in [1.29, 1.82) is 0 Å². The summed E-state index contributed by atoms with van der Waals surface area (Å²) in [6.07, 6.45) is 12.2. The van der Waals surface area contributed by atoms with Gasteiger partial charge in [0, 0.05) is 25.1 Å². The lowest BCUT2D eigenvalue weighted by Gasteiger charge is -2.09. The van der Waals surface area contributed by atoms with Crippen molar-refractivity contribution in [2.75, 3.05) is 0 Å². The Morgan fingerprint density at radius 2 is 1.32 bits per heavy atom. The van der Waals surface area contributed by atoms with Gasteiger partial charge >= 0.3 is 5.51 Å². The summed E-state index contributed by atoms with van der Waals surface area (Å²) >= 11 is 0. The Morgan fingerprint density at radius 3 is 1.87 bits per heavy atom. The predicted molar refractivity (Wildman–Crippen MR) is 141 cm³/mol. The lowest BCUT2D eigenvalue weighted by molar-refractivity contribution is -0.0436. The zero-order valence-electron chi connectivity index (χ0n) is 21.8. The molecule has 0 spiro atoms. The minimum absolute atomic E-state index is 0.375. The SMILES string of the molecule is CCCCCCCCCCCc1noc(-c2ccc(CNCc3ccc(S(=O)(=O)C(F)(F)F)cc3)cc2)n1. The molecule has 0 fully saturated rings. The topological polar surface area (TPSA) is 85.1 Å². The Morgan fingerprint density at radius 1 is 0.789 bits per heavy atom. The standard InChI is InChI=1S/C28H36F3N3O3S/c1-2-3-4-5-6-7-8-9-10-11-26-33-27(37-34-26)24-16-12-22(13-17-24)20-32-21-23-14-18-25(19-15-23)38(35,36)28(29,30)31/h12-19,32H,2-11,20-21H2,1H3. The highest BCUT2D eigenvalue weighted by Crippen LogP contribution is 2.30. The molecule has 0 aliphatic carbocycles. The molecule has 0 saturated carbocycles. The Balaban J connectivity index is 1.38. The highest BCUT2D eigenvalue weighted by Gasteiger charge is 2.46. The van der Waals surface area contributed by atoms with E-state index in [1.54, 1.807) is 0 Å². The molecule has 0 unspecified atom stereocenters. The number of aromatic nitrogens is 2. The predicted octanol–water partition coefficient (Wildman–Crippen LogP) is 7.39. The molecule has 1 aromatic heterocycles. The summed E-state index contributed by atoms with van der Waals surface area (Å²) in [6, 6.07) is 12.4. The minimum atomic E-state index is -5.33. The number of alkyl halides is 3. The number of aryl methyl sites for hydroxylation is 1. The van der Waals surface area contributed by atoms with Crippen LogP contribution in [0.3, 0.4) is 0 Å². The first kappa shape index (κ1) is 29.8. The largest absolute Gasteiger partial charge is 0.501 e. The summed E-state index contributed by atoms with van der Waals surface area (Å²) in [5.74, 6) is 1.21. The molecule has 6 nitrogen and oxygen atoms in total. The van der Waals surface area contributed by atoms with Gasteiger partial charge in [0.2, 0.25) is 0 Å². The minimum Gasteiger partial charge on any atom is -0.334 e. The van der Waals surface area contributed by atoms with Crippen molar-refractivity contribution in [1.82, 2.24) is 15.5 Å². The van der Waals surface area contributed by atoms with Crippen molar-refractivity contribution in [3.05, 3.63) is 65.5 Å². The molecule has 3 aromatic rings. The first-order chi connectivity index (χ1) is 18.2. The number of sulfone groups is 1. The maximum Gasteiger partial charge on any atom is 0.501 e. The van der Waals surface area contributed by atoms with Gasteiger partial charge in [-0.15, -0.1) is 0 Å². The van der Waals surface area contributed by atoms with Crippen molar-refractivity contribution < 1.29 is 26.1 Å². The van der Waals surface area contributed by atoms with Crippen LogP contribution in [0.4, 0.5) is 13.2 Å². The van der Waals surface area contributed by atoms with E-state index in [9.17, 15) is 21.6 Å². The summed E-state index contributed by atoms with van der Waals surface area (Å²) in [5, 5.41) is 7.30. The van der Waals surface area contributed by atoms with Crippen LogP contribution in [0, 0.1) is 0 Å². The van der Waals surface area contributed by atoms with Gasteiger partial charge in [-0.1, -0.05) is 87.7 Å². The molecule has 0 aliphatic heterocycles. The summed E-state index contributed by atoms with van der Waals surface area (Å²) in [5.41, 5.74) is -2.80. The molecule has 2 aromatic carbocycles. The normalized spacial score (nSPS) is 12.2. The molecular weight excluding hydrogens is 515 g/mol. The zero-order chi connectivity index (χ0) is 27.4. The van der Waals surface area contributed by atoms with Crippen LogP contribution in [0.15, 0.2) is 57.9 Å². The molecule has 208 valence electrons. The average Bonchev–Trinajstić information content (AvgIpc) is 3.37. The second kappa shape index (κ2) is 14.4. The fourth-order valence-corrected chi connectivity index (χ4v) is 4.86. The number of rotatable bonds is 16. The second-order valence-corrected chi connectivity index (χ2v) is 11.4. The summed E-state index contributed by atoms with van der Waals surface area (Å²) in [6.45, 7) is 3.13. The molecule has 0 aliphatic rings. The van der Waals surface area contributed by atoms with E-state index >= 15 is 0 Å². The molecule has 10 heteroatoms. The van der Waals surface area contributed by atoms with Gasteiger partial charge in [-0.25, -0.2) is 8.42 Å². The van der Waals surface area contributed by atoms with Gasteiger partial charge in [0.15, 0.2) is 5.82 Å². The van der Waals surface area contributed by atoms with Crippen molar-refractivity contribution in [3.63, 3.8) is 0 Å². The van der Waals surface area contributed by atoms with Gasteiger partial charge in [0.05, 0.1) is 4.90 Å². The monoisotopic (exact) mass is 551 g/mol. The van der Waals surface area contributed by atoms with E-state index in [0.29, 0.717) is 24.5 Å². The Kier molecular flexibility index (Phi) is 11.3.